The van der Waals surface area contributed by atoms with Gasteiger partial charge in [0.1, 0.15) is 0 Å². The average molecular weight is 263 g/mol. The molecule has 1 fully saturated rings. The van der Waals surface area contributed by atoms with Crippen LogP contribution >= 0.6 is 0 Å². The summed E-state index contributed by atoms with van der Waals surface area (Å²) in [6, 6.07) is 6.43. The van der Waals surface area contributed by atoms with Gasteiger partial charge in [0.15, 0.2) is 11.5 Å². The van der Waals surface area contributed by atoms with Crippen molar-refractivity contribution in [3.05, 3.63) is 23.8 Å². The minimum Gasteiger partial charge on any atom is -0.490 e. The molecule has 3 heteroatoms. The predicted molar refractivity (Wildman–Crippen MR) is 78.2 cm³/mol. The highest BCUT2D eigenvalue weighted by atomic mass is 16.5. The summed E-state index contributed by atoms with van der Waals surface area (Å²) in [4.78, 5) is 0. The highest BCUT2D eigenvalue weighted by Gasteiger charge is 2.38. The zero-order chi connectivity index (χ0) is 13.7. The first-order valence-electron chi connectivity index (χ1n) is 7.30. The van der Waals surface area contributed by atoms with E-state index in [1.165, 1.54) is 24.8 Å². The third-order valence-electron chi connectivity index (χ3n) is 3.98. The molecule has 0 bridgehead atoms. The van der Waals surface area contributed by atoms with Crippen LogP contribution in [0.2, 0.25) is 0 Å². The predicted octanol–water partition coefficient (Wildman–Crippen LogP) is 3.13. The lowest BCUT2D eigenvalue weighted by Crippen LogP contribution is -2.42. The number of hydrogen-bond donors (Lipinski definition) is 1. The van der Waals surface area contributed by atoms with Crippen LogP contribution in [0.5, 0.6) is 11.5 Å². The highest BCUT2D eigenvalue weighted by Crippen LogP contribution is 2.45. The second kappa shape index (κ2) is 6.29. The number of likely N-dealkylation sites (N-methyl/N-ethyl adjacent to an activating group) is 1. The van der Waals surface area contributed by atoms with E-state index in [2.05, 4.69) is 23.5 Å². The second-order valence-corrected chi connectivity index (χ2v) is 5.19. The molecule has 0 spiro atoms. The zero-order valence-electron chi connectivity index (χ0n) is 12.3. The van der Waals surface area contributed by atoms with Crippen LogP contribution in [0.1, 0.15) is 38.7 Å². The first-order chi connectivity index (χ1) is 9.25. The normalized spacial score (nSPS) is 16.8. The SMILES string of the molecule is CCOc1ccc(C2(CNC)CCC2)cc1OCC. The molecule has 0 heterocycles. The van der Waals surface area contributed by atoms with Crippen molar-refractivity contribution in [2.45, 2.75) is 38.5 Å². The van der Waals surface area contributed by atoms with Gasteiger partial charge in [-0.15, -0.1) is 0 Å². The van der Waals surface area contributed by atoms with E-state index in [1.807, 2.05) is 20.9 Å². The Morgan fingerprint density at radius 1 is 1.11 bits per heavy atom. The van der Waals surface area contributed by atoms with Gasteiger partial charge in [-0.25, -0.2) is 0 Å². The monoisotopic (exact) mass is 263 g/mol. The Morgan fingerprint density at radius 3 is 2.32 bits per heavy atom. The van der Waals surface area contributed by atoms with Crippen molar-refractivity contribution in [1.29, 1.82) is 0 Å². The molecule has 0 aromatic heterocycles. The number of benzene rings is 1. The summed E-state index contributed by atoms with van der Waals surface area (Å²) in [5.41, 5.74) is 1.67. The van der Waals surface area contributed by atoms with Gasteiger partial charge in [0.05, 0.1) is 13.2 Å². The molecule has 0 radical (unpaired) electrons. The summed E-state index contributed by atoms with van der Waals surface area (Å²) < 4.78 is 11.4. The van der Waals surface area contributed by atoms with Gasteiger partial charge in [0, 0.05) is 12.0 Å². The quantitative estimate of drug-likeness (QED) is 0.820. The van der Waals surface area contributed by atoms with Crippen LogP contribution in [0.3, 0.4) is 0 Å². The average Bonchev–Trinajstić information content (AvgIpc) is 2.37. The van der Waals surface area contributed by atoms with E-state index in [-0.39, 0.29) is 0 Å². The lowest BCUT2D eigenvalue weighted by atomic mass is 9.64. The van der Waals surface area contributed by atoms with Gasteiger partial charge in [-0.1, -0.05) is 12.5 Å². The molecule has 1 saturated carbocycles. The maximum Gasteiger partial charge on any atom is 0.161 e. The molecule has 0 atom stereocenters. The lowest BCUT2D eigenvalue weighted by molar-refractivity contribution is 0.236. The van der Waals surface area contributed by atoms with E-state index in [9.17, 15) is 0 Å². The zero-order valence-corrected chi connectivity index (χ0v) is 12.3. The smallest absolute Gasteiger partial charge is 0.161 e. The fraction of sp³-hybridized carbons (Fsp3) is 0.625. The molecule has 1 aromatic rings. The Balaban J connectivity index is 2.28. The molecular formula is C16H25NO2. The summed E-state index contributed by atoms with van der Waals surface area (Å²) in [5.74, 6) is 1.73. The molecule has 1 N–H and O–H groups in total. The van der Waals surface area contributed by atoms with Gasteiger partial charge in [-0.3, -0.25) is 0 Å². The van der Waals surface area contributed by atoms with E-state index in [0.717, 1.165) is 18.0 Å². The molecule has 2 rings (SSSR count). The molecule has 19 heavy (non-hydrogen) atoms. The molecule has 1 aromatic carbocycles. The maximum absolute atomic E-state index is 5.73. The largest absolute Gasteiger partial charge is 0.490 e. The topological polar surface area (TPSA) is 30.5 Å². The Bertz CT molecular complexity index is 413. The summed E-state index contributed by atoms with van der Waals surface area (Å²) in [5, 5.41) is 3.33. The van der Waals surface area contributed by atoms with Crippen molar-refractivity contribution < 1.29 is 9.47 Å². The van der Waals surface area contributed by atoms with Gasteiger partial charge in [0.25, 0.3) is 0 Å². The first kappa shape index (κ1) is 14.2. The minimum absolute atomic E-state index is 0.297. The van der Waals surface area contributed by atoms with Gasteiger partial charge in [0.2, 0.25) is 0 Å². The van der Waals surface area contributed by atoms with Crippen molar-refractivity contribution in [1.82, 2.24) is 5.32 Å². The lowest BCUT2D eigenvalue weighted by Gasteiger charge is -2.42. The van der Waals surface area contributed by atoms with E-state index < -0.39 is 0 Å². The Morgan fingerprint density at radius 2 is 1.79 bits per heavy atom. The van der Waals surface area contributed by atoms with Crippen LogP contribution in [0.25, 0.3) is 0 Å². The molecular weight excluding hydrogens is 238 g/mol. The van der Waals surface area contributed by atoms with Crippen LogP contribution in [0.4, 0.5) is 0 Å². The number of hydrogen-bond acceptors (Lipinski definition) is 3. The second-order valence-electron chi connectivity index (χ2n) is 5.19. The van der Waals surface area contributed by atoms with Gasteiger partial charge >= 0.3 is 0 Å². The van der Waals surface area contributed by atoms with Gasteiger partial charge in [-0.05, 0) is 51.4 Å². The van der Waals surface area contributed by atoms with Crippen LogP contribution in [0, 0.1) is 0 Å². The van der Waals surface area contributed by atoms with Crippen molar-refractivity contribution in [3.63, 3.8) is 0 Å². The molecule has 0 amide bonds. The number of nitrogens with one attached hydrogen (secondary N) is 1. The fourth-order valence-electron chi connectivity index (χ4n) is 2.89. The van der Waals surface area contributed by atoms with Crippen molar-refractivity contribution in [2.75, 3.05) is 26.8 Å². The standard InChI is InChI=1S/C16H25NO2/c1-4-18-14-8-7-13(11-15(14)19-5-2)16(12-17-3)9-6-10-16/h7-8,11,17H,4-6,9-10,12H2,1-3H3. The molecule has 1 aliphatic rings. The molecule has 106 valence electrons. The Hall–Kier alpha value is -1.22. The van der Waals surface area contributed by atoms with E-state index in [0.29, 0.717) is 18.6 Å². The summed E-state index contributed by atoms with van der Waals surface area (Å²) in [6.07, 6.45) is 3.83. The van der Waals surface area contributed by atoms with Crippen LogP contribution in [-0.4, -0.2) is 26.8 Å². The molecule has 1 aliphatic carbocycles. The van der Waals surface area contributed by atoms with E-state index >= 15 is 0 Å². The van der Waals surface area contributed by atoms with E-state index in [1.54, 1.807) is 0 Å². The summed E-state index contributed by atoms with van der Waals surface area (Å²) >= 11 is 0. The highest BCUT2D eigenvalue weighted by molar-refractivity contribution is 5.46. The molecule has 0 unspecified atom stereocenters. The van der Waals surface area contributed by atoms with Crippen LogP contribution < -0.4 is 14.8 Å². The number of rotatable bonds is 7. The van der Waals surface area contributed by atoms with Crippen molar-refractivity contribution in [2.24, 2.45) is 0 Å². The molecule has 0 saturated heterocycles. The summed E-state index contributed by atoms with van der Waals surface area (Å²) in [6.45, 7) is 6.38. The Kier molecular flexibility index (Phi) is 4.70. The summed E-state index contributed by atoms with van der Waals surface area (Å²) in [7, 11) is 2.03. The Labute approximate surface area is 116 Å². The van der Waals surface area contributed by atoms with Crippen LogP contribution in [0.15, 0.2) is 18.2 Å². The van der Waals surface area contributed by atoms with Crippen molar-refractivity contribution >= 4 is 0 Å². The third kappa shape index (κ3) is 2.86. The third-order valence-corrected chi connectivity index (χ3v) is 3.98. The van der Waals surface area contributed by atoms with E-state index in [4.69, 9.17) is 9.47 Å². The van der Waals surface area contributed by atoms with Crippen molar-refractivity contribution in [3.8, 4) is 11.5 Å². The van der Waals surface area contributed by atoms with Gasteiger partial charge in [-0.2, -0.15) is 0 Å². The molecule has 3 nitrogen and oxygen atoms in total. The number of ether oxygens (including phenoxy) is 2. The van der Waals surface area contributed by atoms with Crippen LogP contribution in [-0.2, 0) is 5.41 Å². The minimum atomic E-state index is 0.297. The maximum atomic E-state index is 5.73. The molecule has 0 aliphatic heterocycles. The first-order valence-corrected chi connectivity index (χ1v) is 7.30. The van der Waals surface area contributed by atoms with Gasteiger partial charge < -0.3 is 14.8 Å². The fourth-order valence-corrected chi connectivity index (χ4v) is 2.89.